The van der Waals surface area contributed by atoms with E-state index < -0.39 is 0 Å². The van der Waals surface area contributed by atoms with Gasteiger partial charge in [-0.2, -0.15) is 0 Å². The zero-order chi connectivity index (χ0) is 20.1. The Hall–Kier alpha value is -0.560. The second-order valence-corrected chi connectivity index (χ2v) is 11.8. The van der Waals surface area contributed by atoms with Crippen LogP contribution in [0, 0.1) is 46.3 Å². The summed E-state index contributed by atoms with van der Waals surface area (Å²) in [4.78, 5) is 0. The first-order chi connectivity index (χ1) is 13.3. The Morgan fingerprint density at radius 2 is 1.86 bits per heavy atom. The molecule has 0 unspecified atom stereocenters. The summed E-state index contributed by atoms with van der Waals surface area (Å²) >= 11 is 0. The van der Waals surface area contributed by atoms with E-state index in [-0.39, 0.29) is 11.5 Å². The Balaban J connectivity index is 1.50. The summed E-state index contributed by atoms with van der Waals surface area (Å²) in [5.74, 6) is 5.25. The summed E-state index contributed by atoms with van der Waals surface area (Å²) in [6.45, 7) is 12.4. The van der Waals surface area contributed by atoms with Crippen molar-refractivity contribution in [2.45, 2.75) is 98.5 Å². The van der Waals surface area contributed by atoms with Gasteiger partial charge in [-0.05, 0) is 79.4 Å². The molecule has 0 amide bonds. The normalized spacial score (nSPS) is 46.0. The standard InChI is InChI=1S/C27H44O/c1-18(2)7-6-8-19(3)23-11-12-24-22-10-9-20-17-21(28)13-15-26(20,4)25(22)14-16-27(23,24)5/h9,13,15,18-19,21-25,28H,6-8,10-12,14,16-17H2,1-5H3/t19-,21+,22+,23-,24+,25+,26+,27-/m1/s1. The predicted octanol–water partition coefficient (Wildman–Crippen LogP) is 7.16. The van der Waals surface area contributed by atoms with E-state index in [9.17, 15) is 5.11 Å². The second-order valence-electron chi connectivity index (χ2n) is 11.8. The Kier molecular flexibility index (Phi) is 5.62. The van der Waals surface area contributed by atoms with Crippen LogP contribution >= 0.6 is 0 Å². The first-order valence-electron chi connectivity index (χ1n) is 12.3. The van der Waals surface area contributed by atoms with Crippen LogP contribution < -0.4 is 0 Å². The number of allylic oxidation sites excluding steroid dienone is 2. The molecule has 158 valence electrons. The van der Waals surface area contributed by atoms with E-state index in [1.54, 1.807) is 0 Å². The van der Waals surface area contributed by atoms with Gasteiger partial charge in [0.1, 0.15) is 0 Å². The molecule has 0 aliphatic heterocycles. The first-order valence-corrected chi connectivity index (χ1v) is 12.3. The lowest BCUT2D eigenvalue weighted by atomic mass is 9.48. The molecule has 0 aromatic carbocycles. The minimum absolute atomic E-state index is 0.213. The van der Waals surface area contributed by atoms with Crippen LogP contribution in [0.2, 0.25) is 0 Å². The van der Waals surface area contributed by atoms with Crippen LogP contribution in [-0.4, -0.2) is 11.2 Å². The SMILES string of the molecule is CC(C)CCC[C@@H](C)[C@H]1CC[C@H]2[C@@H]3CC=C4C[C@@H](O)C=C[C@]4(C)[C@H]3CC[C@]12C. The molecule has 4 aliphatic carbocycles. The Morgan fingerprint density at radius 3 is 2.61 bits per heavy atom. The van der Waals surface area contributed by atoms with Crippen LogP contribution in [0.1, 0.15) is 92.4 Å². The third-order valence-electron chi connectivity index (χ3n) is 9.83. The number of rotatable bonds is 5. The lowest BCUT2D eigenvalue weighted by Crippen LogP contribution is -2.49. The fourth-order valence-corrected chi connectivity index (χ4v) is 8.26. The van der Waals surface area contributed by atoms with Crippen LogP contribution in [0.3, 0.4) is 0 Å². The lowest BCUT2D eigenvalue weighted by Gasteiger charge is -2.57. The van der Waals surface area contributed by atoms with Gasteiger partial charge in [0, 0.05) is 5.41 Å². The molecule has 28 heavy (non-hydrogen) atoms. The highest BCUT2D eigenvalue weighted by Gasteiger charge is 2.58. The largest absolute Gasteiger partial charge is 0.389 e. The van der Waals surface area contributed by atoms with Gasteiger partial charge >= 0.3 is 0 Å². The summed E-state index contributed by atoms with van der Waals surface area (Å²) in [7, 11) is 0. The number of fused-ring (bicyclic) bond motifs is 5. The molecule has 0 radical (unpaired) electrons. The summed E-state index contributed by atoms with van der Waals surface area (Å²) in [5, 5.41) is 10.1. The van der Waals surface area contributed by atoms with Gasteiger partial charge in [0.25, 0.3) is 0 Å². The Bertz CT molecular complexity index is 630. The monoisotopic (exact) mass is 384 g/mol. The molecule has 0 bridgehead atoms. The van der Waals surface area contributed by atoms with Crippen molar-refractivity contribution in [1.29, 1.82) is 0 Å². The van der Waals surface area contributed by atoms with Crippen molar-refractivity contribution in [2.24, 2.45) is 46.3 Å². The summed E-state index contributed by atoms with van der Waals surface area (Å²) in [6, 6.07) is 0. The van der Waals surface area contributed by atoms with Gasteiger partial charge in [-0.3, -0.25) is 0 Å². The smallest absolute Gasteiger partial charge is 0.0758 e. The van der Waals surface area contributed by atoms with Gasteiger partial charge in [0.15, 0.2) is 0 Å². The van der Waals surface area contributed by atoms with E-state index >= 15 is 0 Å². The van der Waals surface area contributed by atoms with Crippen LogP contribution in [0.4, 0.5) is 0 Å². The van der Waals surface area contributed by atoms with Crippen molar-refractivity contribution in [3.05, 3.63) is 23.8 Å². The average Bonchev–Trinajstić information content (AvgIpc) is 2.99. The van der Waals surface area contributed by atoms with E-state index in [1.807, 2.05) is 0 Å². The topological polar surface area (TPSA) is 20.2 Å². The molecule has 1 N–H and O–H groups in total. The van der Waals surface area contributed by atoms with Gasteiger partial charge in [0.05, 0.1) is 6.10 Å². The molecule has 4 rings (SSSR count). The lowest BCUT2D eigenvalue weighted by molar-refractivity contribution is -0.0356. The van der Waals surface area contributed by atoms with Crippen LogP contribution in [-0.2, 0) is 0 Å². The molecule has 1 heteroatoms. The molecule has 2 fully saturated rings. The maximum atomic E-state index is 10.1. The van der Waals surface area contributed by atoms with Crippen LogP contribution in [0.25, 0.3) is 0 Å². The van der Waals surface area contributed by atoms with E-state index in [0.717, 1.165) is 41.9 Å². The predicted molar refractivity (Wildman–Crippen MR) is 119 cm³/mol. The van der Waals surface area contributed by atoms with Crippen molar-refractivity contribution in [3.63, 3.8) is 0 Å². The van der Waals surface area contributed by atoms with Gasteiger partial charge in [-0.25, -0.2) is 0 Å². The zero-order valence-electron chi connectivity index (χ0n) is 19.1. The van der Waals surface area contributed by atoms with Crippen molar-refractivity contribution >= 4 is 0 Å². The zero-order valence-corrected chi connectivity index (χ0v) is 19.1. The molecule has 0 spiro atoms. The average molecular weight is 385 g/mol. The molecule has 0 aromatic rings. The van der Waals surface area contributed by atoms with Gasteiger partial charge in [-0.15, -0.1) is 0 Å². The molecule has 0 aromatic heterocycles. The molecule has 1 nitrogen and oxygen atoms in total. The third kappa shape index (κ3) is 3.34. The van der Waals surface area contributed by atoms with E-state index in [4.69, 9.17) is 0 Å². The minimum atomic E-state index is -0.257. The fraction of sp³-hybridized carbons (Fsp3) is 0.852. The first kappa shape index (κ1) is 20.7. The quantitative estimate of drug-likeness (QED) is 0.498. The molecular formula is C27H44O. The summed E-state index contributed by atoms with van der Waals surface area (Å²) < 4.78 is 0. The second kappa shape index (κ2) is 7.60. The van der Waals surface area contributed by atoms with E-state index in [1.165, 1.54) is 56.9 Å². The number of aliphatic hydroxyl groups excluding tert-OH is 1. The van der Waals surface area contributed by atoms with Crippen LogP contribution in [0.15, 0.2) is 23.8 Å². The molecule has 0 saturated heterocycles. The number of hydrogen-bond acceptors (Lipinski definition) is 1. The van der Waals surface area contributed by atoms with E-state index in [0.29, 0.717) is 5.41 Å². The summed E-state index contributed by atoms with van der Waals surface area (Å²) in [5.41, 5.74) is 2.31. The Morgan fingerprint density at radius 1 is 1.07 bits per heavy atom. The highest BCUT2D eigenvalue weighted by atomic mass is 16.3. The van der Waals surface area contributed by atoms with Crippen molar-refractivity contribution in [1.82, 2.24) is 0 Å². The number of aliphatic hydroxyl groups is 1. The highest BCUT2D eigenvalue weighted by Crippen LogP contribution is 2.66. The Labute approximate surface area is 174 Å². The fourth-order valence-electron chi connectivity index (χ4n) is 8.26. The summed E-state index contributed by atoms with van der Waals surface area (Å²) in [6.07, 6.45) is 18.9. The molecule has 8 atom stereocenters. The van der Waals surface area contributed by atoms with Crippen LogP contribution in [0.5, 0.6) is 0 Å². The highest BCUT2D eigenvalue weighted by molar-refractivity contribution is 5.32. The maximum Gasteiger partial charge on any atom is 0.0758 e. The maximum absolute atomic E-state index is 10.1. The molecule has 2 saturated carbocycles. The van der Waals surface area contributed by atoms with Crippen molar-refractivity contribution < 1.29 is 5.11 Å². The molecule has 0 heterocycles. The molecular weight excluding hydrogens is 340 g/mol. The van der Waals surface area contributed by atoms with E-state index in [2.05, 4.69) is 52.8 Å². The molecule has 4 aliphatic rings. The van der Waals surface area contributed by atoms with Gasteiger partial charge < -0.3 is 5.11 Å². The van der Waals surface area contributed by atoms with Crippen molar-refractivity contribution in [3.8, 4) is 0 Å². The third-order valence-corrected chi connectivity index (χ3v) is 9.83. The van der Waals surface area contributed by atoms with Gasteiger partial charge in [-0.1, -0.05) is 77.7 Å². The number of hydrogen-bond donors (Lipinski definition) is 1. The van der Waals surface area contributed by atoms with Gasteiger partial charge in [0.2, 0.25) is 0 Å². The van der Waals surface area contributed by atoms with Crippen molar-refractivity contribution in [2.75, 3.05) is 0 Å². The minimum Gasteiger partial charge on any atom is -0.389 e.